The van der Waals surface area contributed by atoms with Crippen molar-refractivity contribution in [1.82, 2.24) is 0 Å². The van der Waals surface area contributed by atoms with Crippen LogP contribution >= 0.6 is 0 Å². The van der Waals surface area contributed by atoms with Gasteiger partial charge in [0.2, 0.25) is 0 Å². The van der Waals surface area contributed by atoms with Gasteiger partial charge in [0.25, 0.3) is 0 Å². The molecular formula is C14H15F. The van der Waals surface area contributed by atoms with Crippen LogP contribution in [0.5, 0.6) is 0 Å². The normalized spacial score (nSPS) is 12.9. The highest BCUT2D eigenvalue weighted by Crippen LogP contribution is 2.25. The molecular weight excluding hydrogens is 187 g/mol. The predicted molar refractivity (Wildman–Crippen MR) is 62.7 cm³/mol. The lowest BCUT2D eigenvalue weighted by molar-refractivity contribution is 0.321. The van der Waals surface area contributed by atoms with Gasteiger partial charge < -0.3 is 0 Å². The number of alkyl halides is 1. The van der Waals surface area contributed by atoms with E-state index in [1.54, 1.807) is 0 Å². The molecule has 15 heavy (non-hydrogen) atoms. The van der Waals surface area contributed by atoms with E-state index in [1.807, 2.05) is 49.4 Å². The number of hydrogen-bond donors (Lipinski definition) is 0. The molecule has 2 aromatic rings. The van der Waals surface area contributed by atoms with Crippen LogP contribution in [0.2, 0.25) is 0 Å². The van der Waals surface area contributed by atoms with Crippen molar-refractivity contribution in [1.29, 1.82) is 0 Å². The first kappa shape index (κ1) is 10.2. The molecule has 2 aromatic carbocycles. The number of benzene rings is 2. The highest BCUT2D eigenvalue weighted by Gasteiger charge is 2.08. The second-order valence-electron chi connectivity index (χ2n) is 3.86. The quantitative estimate of drug-likeness (QED) is 0.679. The van der Waals surface area contributed by atoms with Crippen molar-refractivity contribution in [2.24, 2.45) is 0 Å². The molecule has 0 aliphatic carbocycles. The number of halogens is 1. The smallest absolute Gasteiger partial charge is 0.125 e. The van der Waals surface area contributed by atoms with Crippen LogP contribution in [0.3, 0.4) is 0 Å². The van der Waals surface area contributed by atoms with Crippen LogP contribution in [0, 0.1) is 0 Å². The average Bonchev–Trinajstić information content (AvgIpc) is 2.29. The van der Waals surface area contributed by atoms with Crippen molar-refractivity contribution < 1.29 is 4.39 Å². The Kier molecular flexibility index (Phi) is 3.00. The highest BCUT2D eigenvalue weighted by molar-refractivity contribution is 5.83. The fourth-order valence-electron chi connectivity index (χ4n) is 1.82. The van der Waals surface area contributed by atoms with E-state index in [-0.39, 0.29) is 0 Å². The van der Waals surface area contributed by atoms with Crippen LogP contribution in [0.15, 0.2) is 42.5 Å². The van der Waals surface area contributed by atoms with Crippen molar-refractivity contribution in [3.05, 3.63) is 48.0 Å². The molecule has 0 heterocycles. The lowest BCUT2D eigenvalue weighted by Gasteiger charge is -2.08. The summed E-state index contributed by atoms with van der Waals surface area (Å²) in [6.45, 7) is 2.01. The molecule has 0 bridgehead atoms. The maximum absolute atomic E-state index is 13.7. The molecule has 0 fully saturated rings. The van der Waals surface area contributed by atoms with E-state index in [0.717, 1.165) is 17.4 Å². The standard InChI is InChI=1S/C14H15F/c1-2-5-14(15)13-9-8-11-6-3-4-7-12(11)10-13/h3-4,6-10,14H,2,5H2,1H3. The molecule has 0 aromatic heterocycles. The Morgan fingerprint density at radius 1 is 1.07 bits per heavy atom. The Hall–Kier alpha value is -1.37. The molecule has 0 saturated heterocycles. The van der Waals surface area contributed by atoms with Gasteiger partial charge in [-0.3, -0.25) is 0 Å². The van der Waals surface area contributed by atoms with E-state index in [1.165, 1.54) is 5.39 Å². The van der Waals surface area contributed by atoms with Crippen molar-refractivity contribution in [2.45, 2.75) is 25.9 Å². The Labute approximate surface area is 89.7 Å². The van der Waals surface area contributed by atoms with Gasteiger partial charge in [0.05, 0.1) is 0 Å². The number of rotatable bonds is 3. The van der Waals surface area contributed by atoms with Crippen molar-refractivity contribution in [3.63, 3.8) is 0 Å². The Morgan fingerprint density at radius 2 is 1.80 bits per heavy atom. The summed E-state index contributed by atoms with van der Waals surface area (Å²) < 4.78 is 13.7. The first-order valence-electron chi connectivity index (χ1n) is 5.44. The van der Waals surface area contributed by atoms with Gasteiger partial charge in [-0.1, -0.05) is 49.7 Å². The van der Waals surface area contributed by atoms with Gasteiger partial charge in [0, 0.05) is 0 Å². The number of hydrogen-bond acceptors (Lipinski definition) is 0. The molecule has 0 aliphatic rings. The molecule has 1 heteroatoms. The SMILES string of the molecule is CCCC(F)c1ccc2ccccc2c1. The molecule has 0 aliphatic heterocycles. The maximum atomic E-state index is 13.7. The van der Waals surface area contributed by atoms with E-state index in [0.29, 0.717) is 6.42 Å². The molecule has 0 N–H and O–H groups in total. The first-order chi connectivity index (χ1) is 7.31. The van der Waals surface area contributed by atoms with Crippen molar-refractivity contribution in [3.8, 4) is 0 Å². The van der Waals surface area contributed by atoms with Crippen LogP contribution in [-0.2, 0) is 0 Å². The summed E-state index contributed by atoms with van der Waals surface area (Å²) in [6, 6.07) is 13.9. The van der Waals surface area contributed by atoms with Gasteiger partial charge in [0.1, 0.15) is 6.17 Å². The monoisotopic (exact) mass is 202 g/mol. The summed E-state index contributed by atoms with van der Waals surface area (Å²) in [6.07, 6.45) is 0.673. The summed E-state index contributed by atoms with van der Waals surface area (Å²) in [7, 11) is 0. The number of fused-ring (bicyclic) bond motifs is 1. The Morgan fingerprint density at radius 3 is 2.53 bits per heavy atom. The van der Waals surface area contributed by atoms with Gasteiger partial charge in [-0.15, -0.1) is 0 Å². The minimum absolute atomic E-state index is 0.609. The third-order valence-electron chi connectivity index (χ3n) is 2.68. The maximum Gasteiger partial charge on any atom is 0.125 e. The molecule has 1 unspecified atom stereocenters. The zero-order chi connectivity index (χ0) is 10.7. The topological polar surface area (TPSA) is 0 Å². The van der Waals surface area contributed by atoms with E-state index < -0.39 is 6.17 Å². The molecule has 0 spiro atoms. The second-order valence-corrected chi connectivity index (χ2v) is 3.86. The summed E-state index contributed by atoms with van der Waals surface area (Å²) in [4.78, 5) is 0. The zero-order valence-corrected chi connectivity index (χ0v) is 8.91. The zero-order valence-electron chi connectivity index (χ0n) is 8.91. The van der Waals surface area contributed by atoms with Crippen LogP contribution in [0.25, 0.3) is 10.8 Å². The first-order valence-corrected chi connectivity index (χ1v) is 5.44. The van der Waals surface area contributed by atoms with Crippen LogP contribution in [-0.4, -0.2) is 0 Å². The molecule has 0 amide bonds. The van der Waals surface area contributed by atoms with Gasteiger partial charge in [-0.2, -0.15) is 0 Å². The minimum Gasteiger partial charge on any atom is -0.242 e. The third kappa shape index (κ3) is 2.17. The van der Waals surface area contributed by atoms with E-state index in [2.05, 4.69) is 0 Å². The second kappa shape index (κ2) is 4.43. The highest BCUT2D eigenvalue weighted by atomic mass is 19.1. The fourth-order valence-corrected chi connectivity index (χ4v) is 1.82. The molecule has 0 saturated carbocycles. The molecule has 2 rings (SSSR count). The average molecular weight is 202 g/mol. The van der Waals surface area contributed by atoms with Gasteiger partial charge >= 0.3 is 0 Å². The van der Waals surface area contributed by atoms with Crippen LogP contribution in [0.4, 0.5) is 4.39 Å². The summed E-state index contributed by atoms with van der Waals surface area (Å²) in [5, 5.41) is 2.29. The molecule has 78 valence electrons. The summed E-state index contributed by atoms with van der Waals surface area (Å²) >= 11 is 0. The predicted octanol–water partition coefficient (Wildman–Crippen LogP) is 4.65. The van der Waals surface area contributed by atoms with Crippen LogP contribution in [0.1, 0.15) is 31.5 Å². The largest absolute Gasteiger partial charge is 0.242 e. The molecule has 0 nitrogen and oxygen atoms in total. The fraction of sp³-hybridized carbons (Fsp3) is 0.286. The van der Waals surface area contributed by atoms with E-state index >= 15 is 0 Å². The Bertz CT molecular complexity index is 448. The van der Waals surface area contributed by atoms with Crippen molar-refractivity contribution in [2.75, 3.05) is 0 Å². The Balaban J connectivity index is 2.38. The van der Waals surface area contributed by atoms with E-state index in [9.17, 15) is 4.39 Å². The lowest BCUT2D eigenvalue weighted by Crippen LogP contribution is -1.90. The van der Waals surface area contributed by atoms with Gasteiger partial charge in [0.15, 0.2) is 0 Å². The summed E-state index contributed by atoms with van der Waals surface area (Å²) in [5.74, 6) is 0. The third-order valence-corrected chi connectivity index (χ3v) is 2.68. The van der Waals surface area contributed by atoms with E-state index in [4.69, 9.17) is 0 Å². The van der Waals surface area contributed by atoms with Gasteiger partial charge in [-0.25, -0.2) is 4.39 Å². The molecule has 0 radical (unpaired) electrons. The van der Waals surface area contributed by atoms with Gasteiger partial charge in [-0.05, 0) is 28.8 Å². The minimum atomic E-state index is -0.820. The van der Waals surface area contributed by atoms with Crippen LogP contribution < -0.4 is 0 Å². The lowest BCUT2D eigenvalue weighted by atomic mass is 10.0. The summed E-state index contributed by atoms with van der Waals surface area (Å²) in [5.41, 5.74) is 0.801. The van der Waals surface area contributed by atoms with Crippen molar-refractivity contribution >= 4 is 10.8 Å². The molecule has 1 atom stereocenters.